The number of aromatic nitrogens is 1. The van der Waals surface area contributed by atoms with Crippen molar-refractivity contribution in [1.29, 1.82) is 0 Å². The van der Waals surface area contributed by atoms with Gasteiger partial charge in [-0.25, -0.2) is 4.79 Å². The maximum atomic E-state index is 12.9. The lowest BCUT2D eigenvalue weighted by Crippen LogP contribution is -2.56. The number of aliphatic carboxylic acids is 1. The molecule has 0 unspecified atom stereocenters. The lowest BCUT2D eigenvalue weighted by molar-refractivity contribution is -0.146. The molecule has 0 saturated heterocycles. The van der Waals surface area contributed by atoms with Crippen molar-refractivity contribution in [2.24, 2.45) is 5.92 Å². The molecule has 0 aliphatic heterocycles. The van der Waals surface area contributed by atoms with Gasteiger partial charge in [0.25, 0.3) is 5.91 Å². The molecule has 1 heterocycles. The summed E-state index contributed by atoms with van der Waals surface area (Å²) in [5.41, 5.74) is 0.888. The van der Waals surface area contributed by atoms with Crippen LogP contribution in [0.5, 0.6) is 5.75 Å². The molecule has 1 aromatic heterocycles. The molecule has 7 heteroatoms. The predicted molar refractivity (Wildman–Crippen MR) is 120 cm³/mol. The van der Waals surface area contributed by atoms with Crippen LogP contribution in [0.1, 0.15) is 61.1 Å². The molecule has 3 rings (SSSR count). The van der Waals surface area contributed by atoms with Crippen molar-refractivity contribution >= 4 is 23.5 Å². The Labute approximate surface area is 188 Å². The van der Waals surface area contributed by atoms with Crippen molar-refractivity contribution in [3.63, 3.8) is 0 Å². The predicted octanol–water partition coefficient (Wildman–Crippen LogP) is 4.68. The van der Waals surface area contributed by atoms with E-state index in [1.165, 1.54) is 6.20 Å². The highest BCUT2D eigenvalue weighted by atomic mass is 35.5. The van der Waals surface area contributed by atoms with Crippen LogP contribution < -0.4 is 10.1 Å². The van der Waals surface area contributed by atoms with Gasteiger partial charge in [-0.1, -0.05) is 37.6 Å². The summed E-state index contributed by atoms with van der Waals surface area (Å²) in [6, 6.07) is 9.24. The van der Waals surface area contributed by atoms with Crippen LogP contribution >= 0.6 is 11.6 Å². The molecule has 1 aliphatic carbocycles. The van der Waals surface area contributed by atoms with Crippen molar-refractivity contribution < 1.29 is 19.4 Å². The number of rotatable bonds is 8. The Morgan fingerprint density at radius 2 is 2.03 bits per heavy atom. The van der Waals surface area contributed by atoms with Gasteiger partial charge >= 0.3 is 5.97 Å². The molecule has 1 amide bonds. The fourth-order valence-electron chi connectivity index (χ4n) is 3.90. The van der Waals surface area contributed by atoms with Crippen LogP contribution in [-0.4, -0.2) is 34.1 Å². The third-order valence-electron chi connectivity index (χ3n) is 5.95. The number of nitrogens with zero attached hydrogens (tertiary/aromatic N) is 1. The summed E-state index contributed by atoms with van der Waals surface area (Å²) < 4.78 is 5.94. The van der Waals surface area contributed by atoms with Crippen molar-refractivity contribution in [1.82, 2.24) is 10.3 Å². The van der Waals surface area contributed by atoms with Gasteiger partial charge in [0.05, 0.1) is 17.9 Å². The Balaban J connectivity index is 1.71. The number of pyridine rings is 1. The van der Waals surface area contributed by atoms with Crippen molar-refractivity contribution in [3.8, 4) is 5.75 Å². The third kappa shape index (κ3) is 5.76. The second-order valence-corrected chi connectivity index (χ2v) is 8.71. The number of aryl methyl sites for hydroxylation is 1. The molecule has 1 aliphatic rings. The van der Waals surface area contributed by atoms with Gasteiger partial charge in [0.15, 0.2) is 0 Å². The van der Waals surface area contributed by atoms with E-state index in [9.17, 15) is 14.7 Å². The summed E-state index contributed by atoms with van der Waals surface area (Å²) >= 11 is 6.03. The summed E-state index contributed by atoms with van der Waals surface area (Å²) in [6.45, 7) is 4.49. The number of carbonyl (C=O) groups is 2. The van der Waals surface area contributed by atoms with Gasteiger partial charge in [-0.3, -0.25) is 9.78 Å². The van der Waals surface area contributed by atoms with Crippen LogP contribution in [0, 0.1) is 5.92 Å². The van der Waals surface area contributed by atoms with Gasteiger partial charge in [0.2, 0.25) is 0 Å². The van der Waals surface area contributed by atoms with E-state index in [0.29, 0.717) is 54.5 Å². The fourth-order valence-corrected chi connectivity index (χ4v) is 4.11. The highest BCUT2D eigenvalue weighted by molar-refractivity contribution is 6.30. The molecule has 0 bridgehead atoms. The molecule has 166 valence electrons. The average molecular weight is 445 g/mol. The van der Waals surface area contributed by atoms with Crippen LogP contribution in [0.4, 0.5) is 0 Å². The molecule has 1 fully saturated rings. The third-order valence-corrected chi connectivity index (χ3v) is 6.19. The van der Waals surface area contributed by atoms with Gasteiger partial charge in [-0.2, -0.15) is 0 Å². The first-order valence-electron chi connectivity index (χ1n) is 10.7. The normalized spacial score (nSPS) is 20.8. The minimum absolute atomic E-state index is 0.300. The molecule has 2 aromatic rings. The molecule has 1 saturated carbocycles. The first-order valence-corrected chi connectivity index (χ1v) is 11.1. The highest BCUT2D eigenvalue weighted by Crippen LogP contribution is 2.32. The van der Waals surface area contributed by atoms with Crippen LogP contribution in [0.2, 0.25) is 5.02 Å². The minimum Gasteiger partial charge on any atom is -0.491 e. The van der Waals surface area contributed by atoms with Crippen LogP contribution in [0.3, 0.4) is 0 Å². The topological polar surface area (TPSA) is 88.5 Å². The van der Waals surface area contributed by atoms with Crippen molar-refractivity contribution in [3.05, 3.63) is 58.4 Å². The van der Waals surface area contributed by atoms with Crippen molar-refractivity contribution in [2.45, 2.75) is 57.9 Å². The number of halogens is 1. The SMILES string of the molecule is CCc1ncc(C(=O)N[C@]2(C(=O)O)CC[C@@H](C)CC2)cc1OCCc1cccc(Cl)c1. The number of benzene rings is 1. The molecule has 2 N–H and O–H groups in total. The molecule has 6 nitrogen and oxygen atoms in total. The Bertz CT molecular complexity index is 939. The summed E-state index contributed by atoms with van der Waals surface area (Å²) in [5.74, 6) is -0.413. The maximum Gasteiger partial charge on any atom is 0.329 e. The van der Waals surface area contributed by atoms with Gasteiger partial charge < -0.3 is 15.2 Å². The number of carbonyl (C=O) groups excluding carboxylic acids is 1. The van der Waals surface area contributed by atoms with E-state index in [4.69, 9.17) is 16.3 Å². The van der Waals surface area contributed by atoms with E-state index in [0.717, 1.165) is 24.1 Å². The second kappa shape index (κ2) is 10.1. The summed E-state index contributed by atoms with van der Waals surface area (Å²) in [5, 5.41) is 13.2. The summed E-state index contributed by atoms with van der Waals surface area (Å²) in [6.07, 6.45) is 5.22. The van der Waals surface area contributed by atoms with Crippen molar-refractivity contribution in [2.75, 3.05) is 6.61 Å². The molecule has 0 spiro atoms. The van der Waals surface area contributed by atoms with Crippen LogP contribution in [0.25, 0.3) is 0 Å². The molecular weight excluding hydrogens is 416 g/mol. The lowest BCUT2D eigenvalue weighted by Gasteiger charge is -2.36. The smallest absolute Gasteiger partial charge is 0.329 e. The van der Waals surface area contributed by atoms with E-state index in [2.05, 4.69) is 17.2 Å². The van der Waals surface area contributed by atoms with Crippen LogP contribution in [-0.2, 0) is 17.6 Å². The quantitative estimate of drug-likeness (QED) is 0.617. The van der Waals surface area contributed by atoms with Gasteiger partial charge in [-0.05, 0) is 61.8 Å². The van der Waals surface area contributed by atoms with Gasteiger partial charge in [0, 0.05) is 17.6 Å². The Kier molecular flexibility index (Phi) is 7.55. The number of hydrogen-bond acceptors (Lipinski definition) is 4. The fraction of sp³-hybridized carbons (Fsp3) is 0.458. The largest absolute Gasteiger partial charge is 0.491 e. The number of carboxylic acids is 1. The number of ether oxygens (including phenoxy) is 1. The zero-order chi connectivity index (χ0) is 22.4. The van der Waals surface area contributed by atoms with E-state index >= 15 is 0 Å². The number of carboxylic acid groups (broad SMARTS) is 1. The van der Waals surface area contributed by atoms with E-state index in [-0.39, 0.29) is 0 Å². The summed E-state index contributed by atoms with van der Waals surface area (Å²) in [7, 11) is 0. The molecule has 1 aromatic carbocycles. The first kappa shape index (κ1) is 23.1. The Morgan fingerprint density at radius 3 is 2.68 bits per heavy atom. The number of amides is 1. The number of nitrogens with one attached hydrogen (secondary N) is 1. The standard InChI is InChI=1S/C24H29ClN2O4/c1-3-20-21(31-12-9-17-5-4-6-19(25)13-17)14-18(15-26-20)22(28)27-24(23(29)30)10-7-16(2)8-11-24/h4-6,13-16H,3,7-12H2,1-2H3,(H,27,28)(H,29,30)/t16-,24-. The maximum absolute atomic E-state index is 12.9. The van der Waals surface area contributed by atoms with Crippen LogP contribution in [0.15, 0.2) is 36.5 Å². The first-order chi connectivity index (χ1) is 14.8. The number of hydrogen-bond donors (Lipinski definition) is 2. The average Bonchev–Trinajstić information content (AvgIpc) is 2.75. The van der Waals surface area contributed by atoms with E-state index < -0.39 is 17.4 Å². The van der Waals surface area contributed by atoms with Gasteiger partial charge in [0.1, 0.15) is 11.3 Å². The Morgan fingerprint density at radius 1 is 1.29 bits per heavy atom. The van der Waals surface area contributed by atoms with E-state index in [1.807, 2.05) is 31.2 Å². The minimum atomic E-state index is -1.22. The molecule has 0 radical (unpaired) electrons. The zero-order valence-corrected chi connectivity index (χ0v) is 18.7. The monoisotopic (exact) mass is 444 g/mol. The summed E-state index contributed by atoms with van der Waals surface area (Å²) in [4.78, 5) is 29.2. The zero-order valence-electron chi connectivity index (χ0n) is 18.0. The highest BCUT2D eigenvalue weighted by Gasteiger charge is 2.42. The Hall–Kier alpha value is -2.60. The van der Waals surface area contributed by atoms with E-state index in [1.54, 1.807) is 6.07 Å². The molecule has 31 heavy (non-hydrogen) atoms. The molecular formula is C24H29ClN2O4. The lowest BCUT2D eigenvalue weighted by atomic mass is 9.77. The second-order valence-electron chi connectivity index (χ2n) is 8.27. The van der Waals surface area contributed by atoms with Gasteiger partial charge in [-0.15, -0.1) is 0 Å². The molecule has 0 atom stereocenters.